The molecule has 128 valence electrons. The molecule has 0 aliphatic carbocycles. The molecule has 1 heterocycles. The second-order valence-electron chi connectivity index (χ2n) is 5.95. The van der Waals surface area contributed by atoms with Gasteiger partial charge in [-0.3, -0.25) is 10.1 Å². The maximum Gasteiger partial charge on any atom is 0.288 e. The molecule has 1 unspecified atom stereocenters. The van der Waals surface area contributed by atoms with Crippen LogP contribution in [0.15, 0.2) is 47.1 Å². The summed E-state index contributed by atoms with van der Waals surface area (Å²) in [4.78, 5) is 16.6. The molecule has 1 atom stereocenters. The first kappa shape index (κ1) is 18.4. The Morgan fingerprint density at radius 2 is 2.04 bits per heavy atom. The molecule has 2 rings (SSSR count). The first-order valence-corrected chi connectivity index (χ1v) is 8.43. The van der Waals surface area contributed by atoms with Gasteiger partial charge >= 0.3 is 0 Å². The Balaban J connectivity index is 2.36. The van der Waals surface area contributed by atoms with E-state index in [9.17, 15) is 15.2 Å². The summed E-state index contributed by atoms with van der Waals surface area (Å²) >= 11 is 3.37. The van der Waals surface area contributed by atoms with Crippen molar-refractivity contribution in [2.45, 2.75) is 32.4 Å². The first-order valence-electron chi connectivity index (χ1n) is 7.63. The van der Waals surface area contributed by atoms with Crippen LogP contribution in [0.2, 0.25) is 0 Å². The fraction of sp³-hybridized carbons (Fsp3) is 0.353. The minimum absolute atomic E-state index is 0.0764. The molecule has 1 aromatic heterocycles. The summed E-state index contributed by atoms with van der Waals surface area (Å²) in [6, 6.07) is 11.3. The normalized spacial score (nSPS) is 13.3. The van der Waals surface area contributed by atoms with E-state index in [4.69, 9.17) is 0 Å². The van der Waals surface area contributed by atoms with Crippen molar-refractivity contribution in [2.75, 3.05) is 11.4 Å². The lowest BCUT2D eigenvalue weighted by molar-refractivity contribution is -0.385. The smallest absolute Gasteiger partial charge is 0.288 e. The Morgan fingerprint density at radius 1 is 1.38 bits per heavy atom. The molecule has 0 bridgehead atoms. The molecule has 6 nitrogen and oxygen atoms in total. The predicted octanol–water partition coefficient (Wildman–Crippen LogP) is 3.92. The maximum atomic E-state index is 10.9. The van der Waals surface area contributed by atoms with Gasteiger partial charge < -0.3 is 10.0 Å². The lowest BCUT2D eigenvalue weighted by Gasteiger charge is -2.32. The summed E-state index contributed by atoms with van der Waals surface area (Å²) in [5.74, 6) is 0.568. The summed E-state index contributed by atoms with van der Waals surface area (Å²) in [7, 11) is 0. The number of nitrogens with zero attached hydrogens (tertiary/aromatic N) is 3. The molecule has 0 spiro atoms. The fourth-order valence-electron chi connectivity index (χ4n) is 2.29. The van der Waals surface area contributed by atoms with Gasteiger partial charge in [-0.15, -0.1) is 0 Å². The monoisotopic (exact) mass is 393 g/mol. The third-order valence-corrected chi connectivity index (χ3v) is 4.41. The number of aliphatic hydroxyl groups is 1. The molecule has 0 amide bonds. The van der Waals surface area contributed by atoms with Crippen molar-refractivity contribution in [1.29, 1.82) is 0 Å². The van der Waals surface area contributed by atoms with Crippen molar-refractivity contribution in [1.82, 2.24) is 4.98 Å². The Labute approximate surface area is 149 Å². The Bertz CT molecular complexity index is 707. The molecule has 0 aliphatic heterocycles. The van der Waals surface area contributed by atoms with Crippen LogP contribution >= 0.6 is 15.9 Å². The van der Waals surface area contributed by atoms with E-state index < -0.39 is 10.5 Å². The van der Waals surface area contributed by atoms with Crippen molar-refractivity contribution in [3.63, 3.8) is 0 Å². The van der Waals surface area contributed by atoms with Crippen molar-refractivity contribution in [3.8, 4) is 0 Å². The van der Waals surface area contributed by atoms with Gasteiger partial charge in [0.2, 0.25) is 0 Å². The van der Waals surface area contributed by atoms with Crippen LogP contribution < -0.4 is 4.90 Å². The average Bonchev–Trinajstić information content (AvgIpc) is 2.55. The van der Waals surface area contributed by atoms with Crippen molar-refractivity contribution in [3.05, 3.63) is 62.7 Å². The number of hydrogen-bond donors (Lipinski definition) is 1. The number of nitro groups is 1. The average molecular weight is 394 g/mol. The van der Waals surface area contributed by atoms with Gasteiger partial charge in [0.05, 0.1) is 15.0 Å². The maximum absolute atomic E-state index is 10.9. The molecule has 0 saturated heterocycles. The molecular formula is C17H20BrN3O3. The third kappa shape index (κ3) is 4.75. The van der Waals surface area contributed by atoms with Crippen LogP contribution in [0.4, 0.5) is 11.5 Å². The minimum Gasteiger partial charge on any atom is -0.388 e. The van der Waals surface area contributed by atoms with E-state index in [0.29, 0.717) is 29.8 Å². The van der Waals surface area contributed by atoms with Gasteiger partial charge in [-0.1, -0.05) is 37.3 Å². The highest BCUT2D eigenvalue weighted by Crippen LogP contribution is 2.30. The Hall–Kier alpha value is -1.99. The van der Waals surface area contributed by atoms with E-state index in [1.807, 2.05) is 42.2 Å². The number of hydrogen-bond acceptors (Lipinski definition) is 5. The van der Waals surface area contributed by atoms with Gasteiger partial charge in [0.1, 0.15) is 12.0 Å². The number of benzene rings is 1. The summed E-state index contributed by atoms with van der Waals surface area (Å²) in [6.45, 7) is 4.59. The van der Waals surface area contributed by atoms with Crippen LogP contribution in [0.3, 0.4) is 0 Å². The number of rotatable bonds is 7. The topological polar surface area (TPSA) is 79.5 Å². The van der Waals surface area contributed by atoms with Gasteiger partial charge in [-0.05, 0) is 34.8 Å². The highest BCUT2D eigenvalue weighted by Gasteiger charge is 2.25. The summed E-state index contributed by atoms with van der Waals surface area (Å²) < 4.78 is 0.527. The SMILES string of the molecule is CCC(C)(O)CN(Cc1ccccc1)c1ncc([N+](=O)[O-])cc1Br. The van der Waals surface area contributed by atoms with E-state index >= 15 is 0 Å². The molecule has 0 radical (unpaired) electrons. The lowest BCUT2D eigenvalue weighted by atomic mass is 10.0. The predicted molar refractivity (Wildman–Crippen MR) is 97.0 cm³/mol. The highest BCUT2D eigenvalue weighted by molar-refractivity contribution is 9.10. The van der Waals surface area contributed by atoms with E-state index in [0.717, 1.165) is 5.56 Å². The van der Waals surface area contributed by atoms with Crippen LogP contribution in [0.1, 0.15) is 25.8 Å². The number of anilines is 1. The number of halogens is 1. The second kappa shape index (κ2) is 7.72. The zero-order chi connectivity index (χ0) is 17.7. The third-order valence-electron chi connectivity index (χ3n) is 3.83. The quantitative estimate of drug-likeness (QED) is 0.569. The molecule has 2 aromatic rings. The standard InChI is InChI=1S/C17H20BrN3O3/c1-3-17(2,22)12-20(11-13-7-5-4-6-8-13)16-15(18)9-14(10-19-16)21(23)24/h4-10,22H,3,11-12H2,1-2H3. The molecule has 0 saturated carbocycles. The summed E-state index contributed by atoms with van der Waals surface area (Å²) in [5.41, 5.74) is 0.0986. The number of aromatic nitrogens is 1. The zero-order valence-electron chi connectivity index (χ0n) is 13.6. The van der Waals surface area contributed by atoms with Crippen molar-refractivity contribution >= 4 is 27.4 Å². The summed E-state index contributed by atoms with van der Waals surface area (Å²) in [6.07, 6.45) is 1.82. The molecule has 1 aromatic carbocycles. The van der Waals surface area contributed by atoms with Crippen LogP contribution in [-0.4, -0.2) is 27.2 Å². The van der Waals surface area contributed by atoms with Crippen LogP contribution in [0.25, 0.3) is 0 Å². The first-order chi connectivity index (χ1) is 11.3. The lowest BCUT2D eigenvalue weighted by Crippen LogP contribution is -2.40. The van der Waals surface area contributed by atoms with Crippen molar-refractivity contribution < 1.29 is 10.0 Å². The van der Waals surface area contributed by atoms with Crippen molar-refractivity contribution in [2.24, 2.45) is 0 Å². The van der Waals surface area contributed by atoms with Gasteiger partial charge in [0.25, 0.3) is 5.69 Å². The van der Waals surface area contributed by atoms with E-state index in [1.54, 1.807) is 6.92 Å². The fourth-order valence-corrected chi connectivity index (χ4v) is 2.87. The second-order valence-corrected chi connectivity index (χ2v) is 6.80. The molecule has 1 N–H and O–H groups in total. The Morgan fingerprint density at radius 3 is 2.58 bits per heavy atom. The Kier molecular flexibility index (Phi) is 5.90. The van der Waals surface area contributed by atoms with Crippen LogP contribution in [-0.2, 0) is 6.54 Å². The summed E-state index contributed by atoms with van der Waals surface area (Å²) in [5, 5.41) is 21.4. The molecule has 0 fully saturated rings. The molecule has 24 heavy (non-hydrogen) atoms. The highest BCUT2D eigenvalue weighted by atomic mass is 79.9. The van der Waals surface area contributed by atoms with E-state index in [-0.39, 0.29) is 5.69 Å². The largest absolute Gasteiger partial charge is 0.388 e. The van der Waals surface area contributed by atoms with Gasteiger partial charge in [-0.2, -0.15) is 0 Å². The van der Waals surface area contributed by atoms with Crippen LogP contribution in [0, 0.1) is 10.1 Å². The number of pyridine rings is 1. The van der Waals surface area contributed by atoms with E-state index in [2.05, 4.69) is 20.9 Å². The van der Waals surface area contributed by atoms with Crippen LogP contribution in [0.5, 0.6) is 0 Å². The molecule has 7 heteroatoms. The minimum atomic E-state index is -0.891. The molecule has 0 aliphatic rings. The van der Waals surface area contributed by atoms with Gasteiger partial charge in [0, 0.05) is 19.2 Å². The zero-order valence-corrected chi connectivity index (χ0v) is 15.2. The van der Waals surface area contributed by atoms with Gasteiger partial charge in [-0.25, -0.2) is 4.98 Å². The van der Waals surface area contributed by atoms with Gasteiger partial charge in [0.15, 0.2) is 0 Å². The molecular weight excluding hydrogens is 374 g/mol. The van der Waals surface area contributed by atoms with E-state index in [1.165, 1.54) is 12.3 Å².